The summed E-state index contributed by atoms with van der Waals surface area (Å²) in [4.78, 5) is 27.7. The molecule has 3 aliphatic rings. The third-order valence-corrected chi connectivity index (χ3v) is 4.85. The number of hydrogen-bond donors (Lipinski definition) is 1. The van der Waals surface area contributed by atoms with E-state index in [2.05, 4.69) is 4.90 Å². The van der Waals surface area contributed by atoms with Gasteiger partial charge in [-0.05, 0) is 39.2 Å². The lowest BCUT2D eigenvalue weighted by Gasteiger charge is -2.51. The van der Waals surface area contributed by atoms with Crippen LogP contribution in [0.15, 0.2) is 0 Å². The van der Waals surface area contributed by atoms with Gasteiger partial charge in [-0.3, -0.25) is 9.69 Å². The molecule has 94 valence electrons. The Morgan fingerprint density at radius 1 is 1.24 bits per heavy atom. The van der Waals surface area contributed by atoms with Crippen LogP contribution in [-0.2, 0) is 9.59 Å². The maximum Gasteiger partial charge on any atom is 0.329 e. The van der Waals surface area contributed by atoms with Crippen molar-refractivity contribution >= 4 is 11.9 Å². The molecule has 5 nitrogen and oxygen atoms in total. The van der Waals surface area contributed by atoms with Crippen molar-refractivity contribution in [2.75, 3.05) is 20.1 Å². The zero-order chi connectivity index (χ0) is 12.3. The van der Waals surface area contributed by atoms with Crippen LogP contribution in [0.4, 0.5) is 0 Å². The monoisotopic (exact) mass is 238 g/mol. The van der Waals surface area contributed by atoms with Gasteiger partial charge in [0.05, 0.1) is 0 Å². The molecule has 3 rings (SSSR count). The molecule has 0 atom stereocenters. The Hall–Kier alpha value is -1.10. The van der Waals surface area contributed by atoms with Crippen LogP contribution in [0.2, 0.25) is 0 Å². The zero-order valence-electron chi connectivity index (χ0n) is 10.1. The molecule has 2 aliphatic carbocycles. The largest absolute Gasteiger partial charge is 0.479 e. The summed E-state index contributed by atoms with van der Waals surface area (Å²) >= 11 is 0. The average molecular weight is 238 g/mol. The molecule has 0 aromatic rings. The molecule has 2 saturated carbocycles. The molecule has 3 fully saturated rings. The number of carboxylic acids is 1. The highest BCUT2D eigenvalue weighted by Gasteiger charge is 2.62. The van der Waals surface area contributed by atoms with Gasteiger partial charge in [0.15, 0.2) is 0 Å². The lowest BCUT2D eigenvalue weighted by atomic mass is 9.74. The standard InChI is InChI=1S/C12H18N2O3/c1-13-7-8-14(9(15)11(13)5-6-11)12(10(16)17)3-2-4-12/h2-8H2,1H3,(H,16,17). The summed E-state index contributed by atoms with van der Waals surface area (Å²) in [5.74, 6) is -0.772. The van der Waals surface area contributed by atoms with Crippen LogP contribution in [-0.4, -0.2) is 58.0 Å². The Morgan fingerprint density at radius 2 is 1.88 bits per heavy atom. The predicted octanol–water partition coefficient (Wildman–Crippen LogP) is 0.300. The van der Waals surface area contributed by atoms with Gasteiger partial charge in [-0.1, -0.05) is 0 Å². The summed E-state index contributed by atoms with van der Waals surface area (Å²) in [5.41, 5.74) is -1.23. The molecule has 5 heteroatoms. The third-order valence-electron chi connectivity index (χ3n) is 4.85. The third kappa shape index (κ3) is 1.23. The first-order valence-electron chi connectivity index (χ1n) is 6.30. The highest BCUT2D eigenvalue weighted by molar-refractivity contribution is 5.95. The molecule has 1 spiro atoms. The summed E-state index contributed by atoms with van der Waals surface area (Å²) in [7, 11) is 1.97. The van der Waals surface area contributed by atoms with Gasteiger partial charge >= 0.3 is 5.97 Å². The van der Waals surface area contributed by atoms with E-state index in [9.17, 15) is 14.7 Å². The number of aliphatic carboxylic acids is 1. The van der Waals surface area contributed by atoms with Gasteiger partial charge < -0.3 is 10.0 Å². The Balaban J connectivity index is 1.89. The summed E-state index contributed by atoms with van der Waals surface area (Å²) in [6, 6.07) is 0. The second kappa shape index (κ2) is 3.22. The van der Waals surface area contributed by atoms with E-state index in [4.69, 9.17) is 0 Å². The number of carbonyl (C=O) groups is 2. The van der Waals surface area contributed by atoms with E-state index in [0.717, 1.165) is 25.8 Å². The van der Waals surface area contributed by atoms with Crippen molar-refractivity contribution in [1.29, 1.82) is 0 Å². The van der Waals surface area contributed by atoms with Crippen molar-refractivity contribution in [3.63, 3.8) is 0 Å². The molecule has 0 bridgehead atoms. The van der Waals surface area contributed by atoms with Crippen molar-refractivity contribution < 1.29 is 14.7 Å². The number of carbonyl (C=O) groups excluding carboxylic acids is 1. The molecular formula is C12H18N2O3. The second-order valence-corrected chi connectivity index (χ2v) is 5.60. The quantitative estimate of drug-likeness (QED) is 0.751. The molecule has 0 radical (unpaired) electrons. The molecule has 1 aliphatic heterocycles. The number of nitrogens with zero attached hydrogens (tertiary/aromatic N) is 2. The molecule has 1 heterocycles. The van der Waals surface area contributed by atoms with Crippen molar-refractivity contribution in [3.8, 4) is 0 Å². The summed E-state index contributed by atoms with van der Waals surface area (Å²) in [5, 5.41) is 9.40. The minimum absolute atomic E-state index is 0.0494. The maximum atomic E-state index is 12.5. The minimum atomic E-state index is -0.881. The Bertz CT molecular complexity index is 385. The van der Waals surface area contributed by atoms with Crippen LogP contribution in [0.1, 0.15) is 32.1 Å². The molecule has 0 unspecified atom stereocenters. The predicted molar refractivity (Wildman–Crippen MR) is 60.5 cm³/mol. The minimum Gasteiger partial charge on any atom is -0.479 e. The number of piperazine rings is 1. The van der Waals surface area contributed by atoms with Gasteiger partial charge in [0.1, 0.15) is 11.1 Å². The van der Waals surface area contributed by atoms with E-state index < -0.39 is 11.5 Å². The van der Waals surface area contributed by atoms with Crippen LogP contribution in [0.3, 0.4) is 0 Å². The summed E-state index contributed by atoms with van der Waals surface area (Å²) in [6.07, 6.45) is 3.92. The fraction of sp³-hybridized carbons (Fsp3) is 0.833. The van der Waals surface area contributed by atoms with Crippen molar-refractivity contribution in [2.45, 2.75) is 43.2 Å². The van der Waals surface area contributed by atoms with Crippen LogP contribution >= 0.6 is 0 Å². The fourth-order valence-electron chi connectivity index (χ4n) is 3.21. The number of rotatable bonds is 2. The molecule has 17 heavy (non-hydrogen) atoms. The van der Waals surface area contributed by atoms with Crippen molar-refractivity contribution in [3.05, 3.63) is 0 Å². The molecule has 0 aromatic carbocycles. The molecule has 1 saturated heterocycles. The second-order valence-electron chi connectivity index (χ2n) is 5.60. The van der Waals surface area contributed by atoms with E-state index in [1.165, 1.54) is 0 Å². The fourth-order valence-corrected chi connectivity index (χ4v) is 3.21. The van der Waals surface area contributed by atoms with E-state index >= 15 is 0 Å². The van der Waals surface area contributed by atoms with Crippen LogP contribution in [0.5, 0.6) is 0 Å². The van der Waals surface area contributed by atoms with Crippen LogP contribution < -0.4 is 0 Å². The van der Waals surface area contributed by atoms with Crippen LogP contribution in [0.25, 0.3) is 0 Å². The first kappa shape index (κ1) is 11.0. The van der Waals surface area contributed by atoms with Crippen molar-refractivity contribution in [1.82, 2.24) is 9.80 Å². The van der Waals surface area contributed by atoms with Gasteiger partial charge in [-0.2, -0.15) is 0 Å². The summed E-state index contributed by atoms with van der Waals surface area (Å²) in [6.45, 7) is 1.35. The normalized spacial score (nSPS) is 30.2. The molecule has 1 N–H and O–H groups in total. The lowest BCUT2D eigenvalue weighted by molar-refractivity contribution is -0.173. The topological polar surface area (TPSA) is 60.9 Å². The lowest BCUT2D eigenvalue weighted by Crippen LogP contribution is -2.69. The van der Waals surface area contributed by atoms with E-state index in [1.54, 1.807) is 4.90 Å². The van der Waals surface area contributed by atoms with E-state index in [-0.39, 0.29) is 11.4 Å². The Morgan fingerprint density at radius 3 is 2.29 bits per heavy atom. The van der Waals surface area contributed by atoms with Crippen molar-refractivity contribution in [2.24, 2.45) is 0 Å². The molecule has 1 amide bonds. The van der Waals surface area contributed by atoms with Gasteiger partial charge in [-0.15, -0.1) is 0 Å². The molecular weight excluding hydrogens is 220 g/mol. The van der Waals surface area contributed by atoms with Gasteiger partial charge in [0.2, 0.25) is 5.91 Å². The maximum absolute atomic E-state index is 12.5. The van der Waals surface area contributed by atoms with Gasteiger partial charge in [0, 0.05) is 13.1 Å². The summed E-state index contributed by atoms with van der Waals surface area (Å²) < 4.78 is 0. The number of carboxylic acid groups (broad SMARTS) is 1. The smallest absolute Gasteiger partial charge is 0.329 e. The van der Waals surface area contributed by atoms with E-state index in [1.807, 2.05) is 7.05 Å². The number of hydrogen-bond acceptors (Lipinski definition) is 3. The van der Waals surface area contributed by atoms with Gasteiger partial charge in [0.25, 0.3) is 0 Å². The SMILES string of the molecule is CN1CCN(C2(C(=O)O)CCC2)C(=O)C12CC2. The van der Waals surface area contributed by atoms with Crippen LogP contribution in [0, 0.1) is 0 Å². The highest BCUT2D eigenvalue weighted by atomic mass is 16.4. The van der Waals surface area contributed by atoms with E-state index in [0.29, 0.717) is 19.4 Å². The van der Waals surface area contributed by atoms with Gasteiger partial charge in [-0.25, -0.2) is 4.79 Å². The Labute approximate surface area is 100 Å². The first-order chi connectivity index (χ1) is 8.03. The average Bonchev–Trinajstić information content (AvgIpc) is 2.98. The molecule has 0 aromatic heterocycles. The number of amides is 1. The highest BCUT2D eigenvalue weighted by Crippen LogP contribution is 2.48. The Kier molecular flexibility index (Phi) is 2.09. The zero-order valence-corrected chi connectivity index (χ0v) is 10.1. The number of likely N-dealkylation sites (N-methyl/N-ethyl adjacent to an activating group) is 1. The first-order valence-corrected chi connectivity index (χ1v) is 6.30.